The van der Waals surface area contributed by atoms with Crippen molar-refractivity contribution in [2.75, 3.05) is 7.11 Å². The monoisotopic (exact) mass is 403 g/mol. The van der Waals surface area contributed by atoms with Gasteiger partial charge in [-0.25, -0.2) is 4.79 Å². The summed E-state index contributed by atoms with van der Waals surface area (Å²) in [5, 5.41) is 11.4. The second-order valence-corrected chi connectivity index (χ2v) is 7.21. The van der Waals surface area contributed by atoms with Gasteiger partial charge in [0.1, 0.15) is 0 Å². The minimum Gasteiger partial charge on any atom is -0.465 e. The first-order chi connectivity index (χ1) is 14.6. The molecule has 0 atom stereocenters. The van der Waals surface area contributed by atoms with Gasteiger partial charge in [0, 0.05) is 17.5 Å². The van der Waals surface area contributed by atoms with Crippen LogP contribution in [-0.2, 0) is 11.2 Å². The maximum atomic E-state index is 11.7. The second-order valence-electron chi connectivity index (χ2n) is 7.21. The Morgan fingerprint density at radius 1 is 0.933 bits per heavy atom. The van der Waals surface area contributed by atoms with E-state index in [0.717, 1.165) is 19.3 Å². The fraction of sp³-hybridized carbons (Fsp3) is 0.240. The molecular weight excluding hydrogens is 378 g/mol. The number of nitro benzene ring substituents is 1. The molecule has 0 aliphatic rings. The molecule has 154 valence electrons. The number of methoxy groups -OCH3 is 1. The maximum Gasteiger partial charge on any atom is 0.338 e. The summed E-state index contributed by atoms with van der Waals surface area (Å²) >= 11 is 0. The Bertz CT molecular complexity index is 947. The predicted octanol–water partition coefficient (Wildman–Crippen LogP) is 5.93. The van der Waals surface area contributed by atoms with Crippen LogP contribution < -0.4 is 0 Å². The van der Waals surface area contributed by atoms with Crippen molar-refractivity contribution < 1.29 is 14.5 Å². The molecule has 0 radical (unpaired) electrons. The molecule has 30 heavy (non-hydrogen) atoms. The van der Waals surface area contributed by atoms with Gasteiger partial charge >= 0.3 is 5.97 Å². The second kappa shape index (κ2) is 10.3. The van der Waals surface area contributed by atoms with Crippen LogP contribution in [0.4, 0.5) is 5.69 Å². The number of hydrogen-bond acceptors (Lipinski definition) is 4. The minimum atomic E-state index is -0.571. The Balaban J connectivity index is 1.68. The van der Waals surface area contributed by atoms with Gasteiger partial charge in [0.2, 0.25) is 0 Å². The number of carbonyl (C=O) groups is 1. The molecule has 5 nitrogen and oxygen atoms in total. The molecule has 0 N–H and O–H groups in total. The van der Waals surface area contributed by atoms with Crippen molar-refractivity contribution in [1.82, 2.24) is 0 Å². The number of aryl methyl sites for hydroxylation is 1. The summed E-state index contributed by atoms with van der Waals surface area (Å²) in [6, 6.07) is 25.4. The highest BCUT2D eigenvalue weighted by atomic mass is 16.6. The van der Waals surface area contributed by atoms with E-state index in [9.17, 15) is 14.9 Å². The molecule has 0 aromatic heterocycles. The van der Waals surface area contributed by atoms with Gasteiger partial charge in [-0.2, -0.15) is 0 Å². The number of nitro groups is 1. The third-order valence-electron chi connectivity index (χ3n) is 5.30. The Morgan fingerprint density at radius 3 is 2.07 bits per heavy atom. The van der Waals surface area contributed by atoms with Gasteiger partial charge in [0.15, 0.2) is 0 Å². The van der Waals surface area contributed by atoms with Gasteiger partial charge in [-0.15, -0.1) is 0 Å². The highest BCUT2D eigenvalue weighted by Gasteiger charge is 2.18. The molecule has 3 aromatic rings. The van der Waals surface area contributed by atoms with Crippen molar-refractivity contribution in [3.63, 3.8) is 0 Å². The average Bonchev–Trinajstić information content (AvgIpc) is 2.79. The van der Waals surface area contributed by atoms with Crippen LogP contribution in [-0.4, -0.2) is 18.0 Å². The van der Waals surface area contributed by atoms with Gasteiger partial charge in [0.05, 0.1) is 17.6 Å². The fourth-order valence-electron chi connectivity index (χ4n) is 3.75. The number of benzene rings is 3. The van der Waals surface area contributed by atoms with Crippen LogP contribution in [0.5, 0.6) is 0 Å². The zero-order valence-corrected chi connectivity index (χ0v) is 17.0. The Hall–Kier alpha value is -3.47. The molecule has 0 aliphatic heterocycles. The van der Waals surface area contributed by atoms with E-state index in [0.29, 0.717) is 17.9 Å². The quantitative estimate of drug-likeness (QED) is 0.192. The number of rotatable bonds is 9. The van der Waals surface area contributed by atoms with Crippen LogP contribution >= 0.6 is 0 Å². The first-order valence-electron chi connectivity index (χ1n) is 10.1. The van der Waals surface area contributed by atoms with E-state index in [1.165, 1.54) is 24.3 Å². The van der Waals surface area contributed by atoms with E-state index in [-0.39, 0.29) is 11.3 Å². The highest BCUT2D eigenvalue weighted by Crippen LogP contribution is 2.30. The molecule has 0 spiro atoms. The van der Waals surface area contributed by atoms with E-state index in [4.69, 9.17) is 0 Å². The van der Waals surface area contributed by atoms with E-state index < -0.39 is 10.9 Å². The fourth-order valence-corrected chi connectivity index (χ4v) is 3.75. The summed E-state index contributed by atoms with van der Waals surface area (Å²) in [5.41, 5.74) is 3.36. The lowest BCUT2D eigenvalue weighted by molar-refractivity contribution is -0.385. The van der Waals surface area contributed by atoms with Gasteiger partial charge in [-0.3, -0.25) is 10.1 Å². The van der Waals surface area contributed by atoms with Crippen LogP contribution in [0.15, 0.2) is 78.9 Å². The first kappa shape index (κ1) is 21.2. The molecule has 3 rings (SSSR count). The largest absolute Gasteiger partial charge is 0.465 e. The Labute approximate surface area is 176 Å². The van der Waals surface area contributed by atoms with Gasteiger partial charge < -0.3 is 4.74 Å². The van der Waals surface area contributed by atoms with Crippen molar-refractivity contribution in [2.24, 2.45) is 0 Å². The van der Waals surface area contributed by atoms with E-state index in [1.54, 1.807) is 12.1 Å². The predicted molar refractivity (Wildman–Crippen MR) is 117 cm³/mol. The van der Waals surface area contributed by atoms with Crippen molar-refractivity contribution in [3.8, 4) is 0 Å². The third kappa shape index (κ3) is 5.32. The number of carbonyl (C=O) groups excluding carboxylic acids is 1. The summed E-state index contributed by atoms with van der Waals surface area (Å²) in [6.07, 6.45) is 3.31. The lowest BCUT2D eigenvalue weighted by atomic mass is 9.86. The van der Waals surface area contributed by atoms with E-state index in [2.05, 4.69) is 53.3 Å². The Kier molecular flexibility index (Phi) is 7.33. The maximum absolute atomic E-state index is 11.7. The van der Waals surface area contributed by atoms with Crippen LogP contribution in [0, 0.1) is 10.1 Å². The molecule has 3 aromatic carbocycles. The van der Waals surface area contributed by atoms with Gasteiger partial charge in [-0.1, -0.05) is 73.2 Å². The van der Waals surface area contributed by atoms with Crippen molar-refractivity contribution in [2.45, 2.75) is 31.6 Å². The van der Waals surface area contributed by atoms with E-state index in [1.807, 2.05) is 12.1 Å². The zero-order chi connectivity index (χ0) is 21.3. The topological polar surface area (TPSA) is 69.4 Å². The summed E-state index contributed by atoms with van der Waals surface area (Å²) in [6.45, 7) is 0. The summed E-state index contributed by atoms with van der Waals surface area (Å²) in [5.74, 6) is -0.276. The molecule has 0 heterocycles. The normalized spacial score (nSPS) is 10.7. The summed E-state index contributed by atoms with van der Waals surface area (Å²) in [4.78, 5) is 22.7. The number of hydrogen-bond donors (Lipinski definition) is 0. The number of ether oxygens (including phenoxy) is 1. The molecule has 0 unspecified atom stereocenters. The minimum absolute atomic E-state index is 0.0273. The smallest absolute Gasteiger partial charge is 0.338 e. The molecule has 0 saturated heterocycles. The molecule has 0 amide bonds. The molecule has 0 aliphatic carbocycles. The van der Waals surface area contributed by atoms with Crippen LogP contribution in [0.1, 0.15) is 52.2 Å². The lowest BCUT2D eigenvalue weighted by Crippen LogP contribution is -2.04. The van der Waals surface area contributed by atoms with Crippen LogP contribution in [0.2, 0.25) is 0 Å². The van der Waals surface area contributed by atoms with Crippen molar-refractivity contribution in [1.29, 1.82) is 0 Å². The van der Waals surface area contributed by atoms with Crippen LogP contribution in [0.3, 0.4) is 0 Å². The van der Waals surface area contributed by atoms with Gasteiger partial charge in [0.25, 0.3) is 5.69 Å². The first-order valence-corrected chi connectivity index (χ1v) is 10.1. The van der Waals surface area contributed by atoms with E-state index >= 15 is 0 Å². The van der Waals surface area contributed by atoms with Crippen LogP contribution in [0.25, 0.3) is 0 Å². The zero-order valence-electron chi connectivity index (χ0n) is 17.0. The molecule has 5 heteroatoms. The lowest BCUT2D eigenvalue weighted by Gasteiger charge is -2.18. The molecule has 0 saturated carbocycles. The highest BCUT2D eigenvalue weighted by molar-refractivity contribution is 5.90. The van der Waals surface area contributed by atoms with Gasteiger partial charge in [-0.05, 0) is 36.5 Å². The number of unbranched alkanes of at least 4 members (excludes halogenated alkanes) is 1. The number of nitrogens with zero attached hydrogens (tertiary/aromatic N) is 1. The molecular formula is C25H25NO4. The average molecular weight is 403 g/mol. The SMILES string of the molecule is COC(=O)c1ccc(CCCCC(c2ccccc2)c2ccccc2)c([N+](=O)[O-])c1. The van der Waals surface area contributed by atoms with Crippen molar-refractivity contribution >= 4 is 11.7 Å². The molecule has 0 bridgehead atoms. The standard InChI is InChI=1S/C25H25NO4/c1-30-25(27)22-17-16-21(24(18-22)26(28)29)14-8-9-15-23(19-10-4-2-5-11-19)20-12-6-3-7-13-20/h2-7,10-13,16-18,23H,8-9,14-15H2,1H3. The van der Waals surface area contributed by atoms with Crippen molar-refractivity contribution in [3.05, 3.63) is 111 Å². The Morgan fingerprint density at radius 2 is 1.53 bits per heavy atom. The molecule has 0 fully saturated rings. The third-order valence-corrected chi connectivity index (χ3v) is 5.30. The number of esters is 1. The summed E-state index contributed by atoms with van der Waals surface area (Å²) < 4.78 is 4.66. The summed E-state index contributed by atoms with van der Waals surface area (Å²) in [7, 11) is 1.26.